The zero-order valence-corrected chi connectivity index (χ0v) is 16.3. The molecule has 0 radical (unpaired) electrons. The lowest BCUT2D eigenvalue weighted by molar-refractivity contribution is 0.0755. The van der Waals surface area contributed by atoms with Crippen LogP contribution in [0.5, 0.6) is 0 Å². The van der Waals surface area contributed by atoms with Crippen molar-refractivity contribution in [2.45, 2.75) is 26.7 Å². The van der Waals surface area contributed by atoms with Gasteiger partial charge in [-0.05, 0) is 31.0 Å². The number of aromatic nitrogens is 1. The molecular formula is C19H21Cl2N3O2. The van der Waals surface area contributed by atoms with Crippen LogP contribution in [0.4, 0.5) is 5.69 Å². The topological polar surface area (TPSA) is 62.3 Å². The van der Waals surface area contributed by atoms with Crippen molar-refractivity contribution in [3.8, 4) is 0 Å². The van der Waals surface area contributed by atoms with Crippen molar-refractivity contribution in [2.75, 3.05) is 18.4 Å². The Balaban J connectivity index is 2.21. The minimum atomic E-state index is -0.408. The molecule has 0 aliphatic rings. The Morgan fingerprint density at radius 2 is 1.73 bits per heavy atom. The Kier molecular flexibility index (Phi) is 7.42. The Morgan fingerprint density at radius 3 is 2.38 bits per heavy atom. The van der Waals surface area contributed by atoms with Gasteiger partial charge in [0, 0.05) is 25.5 Å². The van der Waals surface area contributed by atoms with Gasteiger partial charge >= 0.3 is 0 Å². The number of carbonyl (C=O) groups is 2. The largest absolute Gasteiger partial charge is 0.339 e. The monoisotopic (exact) mass is 393 g/mol. The Labute approximate surface area is 163 Å². The average molecular weight is 394 g/mol. The molecule has 0 atom stereocenters. The SMILES string of the molecule is CCCN(CCC)C(=O)c1cncc(C(=O)Nc2cccc(Cl)c2Cl)c1. The predicted octanol–water partition coefficient (Wildman–Crippen LogP) is 4.90. The van der Waals surface area contributed by atoms with Crippen molar-refractivity contribution >= 4 is 40.7 Å². The Bertz CT molecular complexity index is 790. The summed E-state index contributed by atoms with van der Waals surface area (Å²) in [5.74, 6) is -0.537. The summed E-state index contributed by atoms with van der Waals surface area (Å²) in [4.78, 5) is 31.0. The summed E-state index contributed by atoms with van der Waals surface area (Å²) >= 11 is 12.1. The fraction of sp³-hybridized carbons (Fsp3) is 0.316. The molecule has 138 valence electrons. The molecule has 26 heavy (non-hydrogen) atoms. The van der Waals surface area contributed by atoms with Gasteiger partial charge in [-0.15, -0.1) is 0 Å². The molecule has 2 aromatic rings. The summed E-state index contributed by atoms with van der Waals surface area (Å²) in [7, 11) is 0. The van der Waals surface area contributed by atoms with Crippen LogP contribution in [-0.2, 0) is 0 Å². The van der Waals surface area contributed by atoms with Gasteiger partial charge in [0.2, 0.25) is 0 Å². The average Bonchev–Trinajstić information content (AvgIpc) is 2.65. The van der Waals surface area contributed by atoms with E-state index in [0.717, 1.165) is 12.8 Å². The minimum absolute atomic E-state index is 0.128. The molecular weight excluding hydrogens is 373 g/mol. The molecule has 0 unspecified atom stereocenters. The second-order valence-electron chi connectivity index (χ2n) is 5.81. The van der Waals surface area contributed by atoms with E-state index in [1.165, 1.54) is 12.4 Å². The van der Waals surface area contributed by atoms with Crippen molar-refractivity contribution in [2.24, 2.45) is 0 Å². The molecule has 0 fully saturated rings. The highest BCUT2D eigenvalue weighted by Gasteiger charge is 2.17. The van der Waals surface area contributed by atoms with E-state index in [1.54, 1.807) is 29.2 Å². The van der Waals surface area contributed by atoms with Crippen molar-refractivity contribution in [3.63, 3.8) is 0 Å². The van der Waals surface area contributed by atoms with Gasteiger partial charge in [-0.1, -0.05) is 43.1 Å². The normalized spacial score (nSPS) is 10.5. The predicted molar refractivity (Wildman–Crippen MR) is 105 cm³/mol. The van der Waals surface area contributed by atoms with Gasteiger partial charge in [-0.3, -0.25) is 14.6 Å². The van der Waals surface area contributed by atoms with E-state index in [2.05, 4.69) is 10.3 Å². The highest BCUT2D eigenvalue weighted by molar-refractivity contribution is 6.44. The van der Waals surface area contributed by atoms with Gasteiger partial charge in [0.1, 0.15) is 0 Å². The molecule has 0 aliphatic heterocycles. The van der Waals surface area contributed by atoms with Crippen LogP contribution in [0, 0.1) is 0 Å². The van der Waals surface area contributed by atoms with Gasteiger partial charge in [0.05, 0.1) is 26.9 Å². The summed E-state index contributed by atoms with van der Waals surface area (Å²) in [6.45, 7) is 5.38. The van der Waals surface area contributed by atoms with Crippen LogP contribution < -0.4 is 5.32 Å². The van der Waals surface area contributed by atoms with Crippen molar-refractivity contribution in [3.05, 3.63) is 57.8 Å². The zero-order chi connectivity index (χ0) is 19.1. The molecule has 0 saturated carbocycles. The summed E-state index contributed by atoms with van der Waals surface area (Å²) in [6.07, 6.45) is 4.62. The van der Waals surface area contributed by atoms with Gasteiger partial charge < -0.3 is 10.2 Å². The van der Waals surface area contributed by atoms with Crippen LogP contribution in [0.1, 0.15) is 47.4 Å². The number of halogens is 2. The molecule has 2 rings (SSSR count). The Morgan fingerprint density at radius 1 is 1.08 bits per heavy atom. The lowest BCUT2D eigenvalue weighted by Gasteiger charge is -2.21. The van der Waals surface area contributed by atoms with E-state index in [-0.39, 0.29) is 16.5 Å². The third-order valence-electron chi connectivity index (χ3n) is 3.72. The molecule has 7 heteroatoms. The fourth-order valence-corrected chi connectivity index (χ4v) is 2.86. The zero-order valence-electron chi connectivity index (χ0n) is 14.8. The number of pyridine rings is 1. The van der Waals surface area contributed by atoms with E-state index in [1.807, 2.05) is 13.8 Å². The smallest absolute Gasteiger partial charge is 0.257 e. The standard InChI is InChI=1S/C19H21Cl2N3O2/c1-3-8-24(9-4-2)19(26)14-10-13(11-22-12-14)18(25)23-16-7-5-6-15(20)17(16)21/h5-7,10-12H,3-4,8-9H2,1-2H3,(H,23,25). The molecule has 0 spiro atoms. The maximum absolute atomic E-state index is 12.7. The van der Waals surface area contributed by atoms with Crippen molar-refractivity contribution in [1.29, 1.82) is 0 Å². The van der Waals surface area contributed by atoms with E-state index in [4.69, 9.17) is 23.2 Å². The number of rotatable bonds is 7. The fourth-order valence-electron chi connectivity index (χ4n) is 2.51. The van der Waals surface area contributed by atoms with E-state index < -0.39 is 5.91 Å². The van der Waals surface area contributed by atoms with Gasteiger partial charge in [0.15, 0.2) is 0 Å². The van der Waals surface area contributed by atoms with Crippen LogP contribution in [0.3, 0.4) is 0 Å². The third-order valence-corrected chi connectivity index (χ3v) is 4.54. The first-order valence-corrected chi connectivity index (χ1v) is 9.23. The van der Waals surface area contributed by atoms with Crippen LogP contribution in [0.2, 0.25) is 10.0 Å². The lowest BCUT2D eigenvalue weighted by atomic mass is 10.1. The quantitative estimate of drug-likeness (QED) is 0.726. The second-order valence-corrected chi connectivity index (χ2v) is 6.60. The number of anilines is 1. The molecule has 0 saturated heterocycles. The highest BCUT2D eigenvalue weighted by Crippen LogP contribution is 2.29. The van der Waals surface area contributed by atoms with E-state index >= 15 is 0 Å². The summed E-state index contributed by atoms with van der Waals surface area (Å²) in [5.41, 5.74) is 1.07. The molecule has 0 aliphatic carbocycles. The second kappa shape index (κ2) is 9.55. The van der Waals surface area contributed by atoms with Crippen LogP contribution in [-0.4, -0.2) is 34.8 Å². The molecule has 1 aromatic heterocycles. The van der Waals surface area contributed by atoms with Gasteiger partial charge in [-0.2, -0.15) is 0 Å². The minimum Gasteiger partial charge on any atom is -0.339 e. The van der Waals surface area contributed by atoms with Crippen LogP contribution in [0.25, 0.3) is 0 Å². The maximum Gasteiger partial charge on any atom is 0.257 e. The summed E-state index contributed by atoms with van der Waals surface area (Å²) < 4.78 is 0. The third kappa shape index (κ3) is 4.96. The van der Waals surface area contributed by atoms with Gasteiger partial charge in [0.25, 0.3) is 11.8 Å². The molecule has 1 N–H and O–H groups in total. The lowest BCUT2D eigenvalue weighted by Crippen LogP contribution is -2.32. The van der Waals surface area contributed by atoms with Crippen molar-refractivity contribution in [1.82, 2.24) is 9.88 Å². The Hall–Kier alpha value is -2.11. The molecule has 1 aromatic carbocycles. The first-order chi connectivity index (χ1) is 12.5. The number of nitrogens with zero attached hydrogens (tertiary/aromatic N) is 2. The number of hydrogen-bond acceptors (Lipinski definition) is 3. The molecule has 1 heterocycles. The first kappa shape index (κ1) is 20.2. The van der Waals surface area contributed by atoms with E-state index in [0.29, 0.717) is 29.4 Å². The number of amides is 2. The van der Waals surface area contributed by atoms with Gasteiger partial charge in [-0.25, -0.2) is 0 Å². The number of carbonyl (C=O) groups excluding carboxylic acids is 2. The maximum atomic E-state index is 12.7. The van der Waals surface area contributed by atoms with Crippen LogP contribution in [0.15, 0.2) is 36.7 Å². The molecule has 2 amide bonds. The number of nitrogens with one attached hydrogen (secondary N) is 1. The summed E-state index contributed by atoms with van der Waals surface area (Å²) in [6, 6.07) is 6.52. The van der Waals surface area contributed by atoms with E-state index in [9.17, 15) is 9.59 Å². The first-order valence-electron chi connectivity index (χ1n) is 8.47. The highest BCUT2D eigenvalue weighted by atomic mass is 35.5. The summed E-state index contributed by atoms with van der Waals surface area (Å²) in [5, 5.41) is 3.30. The van der Waals surface area contributed by atoms with Crippen LogP contribution >= 0.6 is 23.2 Å². The molecule has 0 bridgehead atoms. The number of hydrogen-bond donors (Lipinski definition) is 1. The van der Waals surface area contributed by atoms with Crippen molar-refractivity contribution < 1.29 is 9.59 Å². The number of benzene rings is 1. The molecule has 5 nitrogen and oxygen atoms in total.